The van der Waals surface area contributed by atoms with Crippen LogP contribution in [0.4, 0.5) is 10.1 Å². The predicted molar refractivity (Wildman–Crippen MR) is 164 cm³/mol. The normalized spacial score (nSPS) is 14.2. The molecule has 0 saturated carbocycles. The smallest absolute Gasteiger partial charge is 0.246 e. The number of benzene rings is 3. The van der Waals surface area contributed by atoms with E-state index < -0.39 is 0 Å². The van der Waals surface area contributed by atoms with Gasteiger partial charge in [-0.25, -0.2) is 4.39 Å². The molecular formula is C33H30FN7O2. The van der Waals surface area contributed by atoms with Gasteiger partial charge < -0.3 is 10.2 Å². The van der Waals surface area contributed by atoms with Crippen molar-refractivity contribution < 1.29 is 14.0 Å². The fourth-order valence-corrected chi connectivity index (χ4v) is 6.28. The van der Waals surface area contributed by atoms with Crippen molar-refractivity contribution in [1.29, 1.82) is 0 Å². The third kappa shape index (κ3) is 4.78. The van der Waals surface area contributed by atoms with Crippen molar-refractivity contribution in [2.45, 2.75) is 32.2 Å². The van der Waals surface area contributed by atoms with Gasteiger partial charge in [-0.2, -0.15) is 10.2 Å². The van der Waals surface area contributed by atoms with Crippen molar-refractivity contribution >= 4 is 50.1 Å². The molecule has 0 atom stereocenters. The topological polar surface area (TPSA) is 97.9 Å². The molecule has 7 rings (SSSR count). The molecule has 1 N–H and O–H groups in total. The maximum atomic E-state index is 15.7. The van der Waals surface area contributed by atoms with Crippen LogP contribution >= 0.6 is 0 Å². The molecule has 0 unspecified atom stereocenters. The first kappa shape index (κ1) is 26.8. The highest BCUT2D eigenvalue weighted by Crippen LogP contribution is 2.40. The number of halogens is 1. The van der Waals surface area contributed by atoms with Gasteiger partial charge >= 0.3 is 0 Å². The number of pyridine rings is 1. The number of likely N-dealkylation sites (tertiary alicyclic amines) is 1. The number of hydrogen-bond donors (Lipinski definition) is 1. The van der Waals surface area contributed by atoms with Crippen molar-refractivity contribution in [2.24, 2.45) is 7.05 Å². The quantitative estimate of drug-likeness (QED) is 0.287. The number of rotatable bonds is 5. The minimum atomic E-state index is -0.348. The Morgan fingerprint density at radius 2 is 1.77 bits per heavy atom. The predicted octanol–water partition coefficient (Wildman–Crippen LogP) is 5.64. The van der Waals surface area contributed by atoms with Crippen LogP contribution in [0.3, 0.4) is 0 Å². The maximum Gasteiger partial charge on any atom is 0.246 e. The highest BCUT2D eigenvalue weighted by Gasteiger charge is 2.28. The highest BCUT2D eigenvalue weighted by molar-refractivity contribution is 6.03. The number of hydrogen-bond acceptors (Lipinski definition) is 5. The fourth-order valence-electron chi connectivity index (χ4n) is 6.28. The standard InChI is InChI=1S/C33H30FN7O2/c1-20(42)40-12-10-21(11-13-40)33-32-25(26-15-30-23(14-27(26)34)17-36-39(30)2)8-5-9-29(32)41(38-33)19-31(43)37-28-18-35-16-22-6-3-4-7-24(22)28/h3-9,14-18,21H,10-13,19H2,1-2H3,(H,37,43). The zero-order valence-corrected chi connectivity index (χ0v) is 23.9. The zero-order valence-electron chi connectivity index (χ0n) is 23.9. The summed E-state index contributed by atoms with van der Waals surface area (Å²) < 4.78 is 19.1. The lowest BCUT2D eigenvalue weighted by Crippen LogP contribution is -2.36. The molecule has 10 heteroatoms. The lowest BCUT2D eigenvalue weighted by Gasteiger charge is -2.30. The van der Waals surface area contributed by atoms with Crippen LogP contribution in [0.15, 0.2) is 73.2 Å². The van der Waals surface area contributed by atoms with Crippen LogP contribution in [0.5, 0.6) is 0 Å². The molecule has 0 bridgehead atoms. The van der Waals surface area contributed by atoms with Gasteiger partial charge in [0.15, 0.2) is 0 Å². The minimum Gasteiger partial charge on any atom is -0.343 e. The molecule has 1 fully saturated rings. The fraction of sp³-hybridized carbons (Fsp3) is 0.242. The second-order valence-corrected chi connectivity index (χ2v) is 11.1. The molecule has 3 aromatic heterocycles. The Labute approximate surface area is 246 Å². The summed E-state index contributed by atoms with van der Waals surface area (Å²) in [6.45, 7) is 2.81. The number of fused-ring (bicyclic) bond motifs is 3. The number of aryl methyl sites for hydroxylation is 1. The third-order valence-electron chi connectivity index (χ3n) is 8.49. The molecule has 1 saturated heterocycles. The van der Waals surface area contributed by atoms with Crippen LogP contribution in [0.25, 0.3) is 43.7 Å². The Morgan fingerprint density at radius 3 is 2.58 bits per heavy atom. The molecule has 1 aliphatic heterocycles. The molecule has 216 valence electrons. The van der Waals surface area contributed by atoms with Gasteiger partial charge in [0.25, 0.3) is 0 Å². The summed E-state index contributed by atoms with van der Waals surface area (Å²) in [5.74, 6) is -0.484. The average Bonchev–Trinajstić information content (AvgIpc) is 3.56. The van der Waals surface area contributed by atoms with E-state index in [1.165, 1.54) is 6.07 Å². The van der Waals surface area contributed by atoms with Crippen molar-refractivity contribution in [2.75, 3.05) is 18.4 Å². The second kappa shape index (κ2) is 10.6. The van der Waals surface area contributed by atoms with E-state index in [0.29, 0.717) is 29.9 Å². The third-order valence-corrected chi connectivity index (χ3v) is 8.49. The Hall–Kier alpha value is -5.12. The molecule has 1 aliphatic rings. The Balaban J connectivity index is 1.31. The molecule has 2 amide bonds. The lowest BCUT2D eigenvalue weighted by molar-refractivity contribution is -0.129. The first-order chi connectivity index (χ1) is 20.9. The summed E-state index contributed by atoms with van der Waals surface area (Å²) in [5, 5.41) is 15.7. The number of anilines is 1. The molecule has 0 spiro atoms. The molecule has 43 heavy (non-hydrogen) atoms. The van der Waals surface area contributed by atoms with Crippen LogP contribution in [-0.4, -0.2) is 54.3 Å². The molecule has 3 aromatic carbocycles. The lowest BCUT2D eigenvalue weighted by atomic mass is 9.89. The Kier molecular flexibility index (Phi) is 6.61. The number of carbonyl (C=O) groups is 2. The van der Waals surface area contributed by atoms with E-state index >= 15 is 4.39 Å². The van der Waals surface area contributed by atoms with Crippen LogP contribution in [0.2, 0.25) is 0 Å². The van der Waals surface area contributed by atoms with E-state index in [-0.39, 0.29) is 30.1 Å². The van der Waals surface area contributed by atoms with E-state index in [0.717, 1.165) is 51.1 Å². The van der Waals surface area contributed by atoms with Gasteiger partial charge in [-0.3, -0.25) is 23.9 Å². The molecule has 9 nitrogen and oxygen atoms in total. The van der Waals surface area contributed by atoms with Gasteiger partial charge in [0, 0.05) is 66.3 Å². The molecule has 6 aromatic rings. The number of nitrogens with one attached hydrogen (secondary N) is 1. The van der Waals surface area contributed by atoms with E-state index in [1.807, 2.05) is 60.5 Å². The number of carbonyl (C=O) groups excluding carboxylic acids is 2. The van der Waals surface area contributed by atoms with Crippen LogP contribution in [0.1, 0.15) is 31.4 Å². The SMILES string of the molecule is CC(=O)N1CCC(c2nn(CC(=O)Nc3cncc4ccccc34)c3cccc(-c4cc5c(cnn5C)cc4F)c23)CC1. The van der Waals surface area contributed by atoms with Crippen LogP contribution in [-0.2, 0) is 23.2 Å². The monoisotopic (exact) mass is 575 g/mol. The number of nitrogens with zero attached hydrogens (tertiary/aromatic N) is 6. The van der Waals surface area contributed by atoms with E-state index in [2.05, 4.69) is 15.4 Å². The largest absolute Gasteiger partial charge is 0.343 e. The van der Waals surface area contributed by atoms with E-state index in [1.54, 1.807) is 34.9 Å². The van der Waals surface area contributed by atoms with Gasteiger partial charge in [0.05, 0.1) is 34.8 Å². The minimum absolute atomic E-state index is 0.0291. The van der Waals surface area contributed by atoms with Gasteiger partial charge in [-0.15, -0.1) is 0 Å². The summed E-state index contributed by atoms with van der Waals surface area (Å²) in [4.78, 5) is 31.6. The van der Waals surface area contributed by atoms with Crippen LogP contribution in [0, 0.1) is 5.82 Å². The highest BCUT2D eigenvalue weighted by atomic mass is 19.1. The van der Waals surface area contributed by atoms with Gasteiger partial charge in [-0.05, 0) is 36.6 Å². The summed E-state index contributed by atoms with van der Waals surface area (Å²) in [6, 6.07) is 16.8. The van der Waals surface area contributed by atoms with Gasteiger partial charge in [-0.1, -0.05) is 36.4 Å². The van der Waals surface area contributed by atoms with Crippen LogP contribution < -0.4 is 5.32 Å². The van der Waals surface area contributed by atoms with E-state index in [4.69, 9.17) is 5.10 Å². The second-order valence-electron chi connectivity index (χ2n) is 11.1. The summed E-state index contributed by atoms with van der Waals surface area (Å²) in [7, 11) is 1.83. The van der Waals surface area contributed by atoms with E-state index in [9.17, 15) is 9.59 Å². The molecule has 4 heterocycles. The van der Waals surface area contributed by atoms with Crippen molar-refractivity contribution in [3.8, 4) is 11.1 Å². The van der Waals surface area contributed by atoms with Crippen molar-refractivity contribution in [3.63, 3.8) is 0 Å². The Morgan fingerprint density at radius 1 is 0.953 bits per heavy atom. The first-order valence-corrected chi connectivity index (χ1v) is 14.4. The average molecular weight is 576 g/mol. The maximum absolute atomic E-state index is 15.7. The van der Waals surface area contributed by atoms with Gasteiger partial charge in [0.1, 0.15) is 12.4 Å². The molecule has 0 aliphatic carbocycles. The zero-order chi connectivity index (χ0) is 29.7. The van der Waals surface area contributed by atoms with Gasteiger partial charge in [0.2, 0.25) is 11.8 Å². The summed E-state index contributed by atoms with van der Waals surface area (Å²) in [5.41, 5.74) is 4.18. The first-order valence-electron chi connectivity index (χ1n) is 14.4. The Bertz CT molecular complexity index is 2030. The number of aromatic nitrogens is 5. The number of amides is 2. The number of piperidine rings is 1. The van der Waals surface area contributed by atoms with Crippen molar-refractivity contribution in [3.05, 3.63) is 84.7 Å². The summed E-state index contributed by atoms with van der Waals surface area (Å²) >= 11 is 0. The molecular weight excluding hydrogens is 545 g/mol. The summed E-state index contributed by atoms with van der Waals surface area (Å²) in [6.07, 6.45) is 6.53. The van der Waals surface area contributed by atoms with Crippen molar-refractivity contribution in [1.82, 2.24) is 29.4 Å². The molecule has 0 radical (unpaired) electrons.